The Hall–Kier alpha value is -1.57. The van der Waals surface area contributed by atoms with Crippen LogP contribution in [0.4, 0.5) is 0 Å². The standard InChI is InChI=1S/4C2H5NO2.Ti/c4*3-1-2(4)5;/h4*1,3H2,(H,4,5);/q;;;;+4/p-4. The van der Waals surface area contributed by atoms with Crippen molar-refractivity contribution in [3.63, 3.8) is 0 Å². The van der Waals surface area contributed by atoms with E-state index in [-0.39, 0.29) is 47.9 Å². The maximum Gasteiger partial charge on any atom is 4.00 e. The predicted octanol–water partition coefficient (Wildman–Crippen LogP) is -9.22. The fourth-order valence-electron chi connectivity index (χ4n) is 0. The molecule has 12 nitrogen and oxygen atoms in total. The van der Waals surface area contributed by atoms with Crippen LogP contribution in [-0.4, -0.2) is 50.1 Å². The molecule has 0 aromatic rings. The van der Waals surface area contributed by atoms with Gasteiger partial charge in [-0.05, 0) is 0 Å². The number of hydrogen-bond donors (Lipinski definition) is 4. The summed E-state index contributed by atoms with van der Waals surface area (Å²) >= 11 is 0. The normalized spacial score (nSPS) is 7.05. The molecule has 0 aromatic heterocycles. The second kappa shape index (κ2) is 26.9. The summed E-state index contributed by atoms with van der Waals surface area (Å²) in [6.07, 6.45) is 0. The fraction of sp³-hybridized carbons (Fsp3) is 0.500. The Balaban J connectivity index is -0.0000000533. The Labute approximate surface area is 135 Å². The monoisotopic (exact) mass is 344 g/mol. The molecule has 0 radical (unpaired) electrons. The molecule has 0 saturated carbocycles. The first-order valence-electron chi connectivity index (χ1n) is 4.68. The van der Waals surface area contributed by atoms with Crippen LogP contribution in [0, 0.1) is 0 Å². The molecule has 0 aliphatic carbocycles. The predicted molar refractivity (Wildman–Crippen MR) is 56.2 cm³/mol. The van der Waals surface area contributed by atoms with E-state index in [9.17, 15) is 0 Å². The number of carbonyl (C=O) groups excluding carboxylic acids is 4. The van der Waals surface area contributed by atoms with Crippen molar-refractivity contribution in [2.75, 3.05) is 26.2 Å². The minimum absolute atomic E-state index is 0. The van der Waals surface area contributed by atoms with Crippen molar-refractivity contribution in [2.24, 2.45) is 22.9 Å². The van der Waals surface area contributed by atoms with E-state index in [4.69, 9.17) is 39.6 Å². The van der Waals surface area contributed by atoms with Gasteiger partial charge in [-0.2, -0.15) is 0 Å². The summed E-state index contributed by atoms with van der Waals surface area (Å²) in [5.74, 6) is -4.87. The van der Waals surface area contributed by atoms with Gasteiger partial charge in [0.1, 0.15) is 0 Å². The Morgan fingerprint density at radius 1 is 0.524 bits per heavy atom. The van der Waals surface area contributed by atoms with E-state index in [0.29, 0.717) is 0 Å². The third-order valence-electron chi connectivity index (χ3n) is 0.667. The number of carbonyl (C=O) groups is 4. The van der Waals surface area contributed by atoms with Crippen molar-refractivity contribution >= 4 is 23.9 Å². The van der Waals surface area contributed by atoms with Crippen molar-refractivity contribution in [1.29, 1.82) is 0 Å². The number of carboxylic acid groups (broad SMARTS) is 4. The van der Waals surface area contributed by atoms with Gasteiger partial charge in [-0.15, -0.1) is 0 Å². The minimum Gasteiger partial charge on any atom is -0.549 e. The average Bonchev–Trinajstić information content (AvgIpc) is 2.40. The van der Waals surface area contributed by atoms with Crippen molar-refractivity contribution < 1.29 is 61.3 Å². The van der Waals surface area contributed by atoms with Crippen LogP contribution in [-0.2, 0) is 40.9 Å². The molecule has 120 valence electrons. The number of hydrogen-bond acceptors (Lipinski definition) is 12. The molecule has 0 heterocycles. The SMILES string of the molecule is NCC(=O)[O-].NCC(=O)[O-].NCC(=O)[O-].NCC(=O)[O-].[Ti+4]. The van der Waals surface area contributed by atoms with E-state index in [0.717, 1.165) is 0 Å². The molecule has 0 rings (SSSR count). The molecule has 0 spiro atoms. The van der Waals surface area contributed by atoms with Crippen molar-refractivity contribution in [1.82, 2.24) is 0 Å². The average molecular weight is 344 g/mol. The van der Waals surface area contributed by atoms with Crippen LogP contribution in [0.3, 0.4) is 0 Å². The van der Waals surface area contributed by atoms with E-state index in [1.54, 1.807) is 0 Å². The van der Waals surface area contributed by atoms with Crippen LogP contribution in [0.1, 0.15) is 0 Å². The van der Waals surface area contributed by atoms with Gasteiger partial charge in [0.25, 0.3) is 0 Å². The Bertz CT molecular complexity index is 233. The number of rotatable bonds is 4. The molecule has 0 aliphatic heterocycles. The van der Waals surface area contributed by atoms with E-state index in [1.165, 1.54) is 0 Å². The number of carboxylic acids is 4. The smallest absolute Gasteiger partial charge is 0.549 e. The minimum atomic E-state index is -1.22. The van der Waals surface area contributed by atoms with E-state index in [2.05, 4.69) is 22.9 Å². The molecule has 0 amide bonds. The van der Waals surface area contributed by atoms with Crippen LogP contribution in [0.2, 0.25) is 0 Å². The van der Waals surface area contributed by atoms with E-state index in [1.807, 2.05) is 0 Å². The Kier molecular flexibility index (Phi) is 40.6. The van der Waals surface area contributed by atoms with Gasteiger partial charge >= 0.3 is 21.7 Å². The largest absolute Gasteiger partial charge is 4.00 e. The maximum atomic E-state index is 9.13. The van der Waals surface area contributed by atoms with Crippen LogP contribution < -0.4 is 43.4 Å². The summed E-state index contributed by atoms with van der Waals surface area (Å²) < 4.78 is 0. The first kappa shape index (κ1) is 31.7. The molecule has 21 heavy (non-hydrogen) atoms. The molecular formula is C8H16N4O8Ti. The quantitative estimate of drug-likeness (QED) is 0.346. The zero-order chi connectivity index (χ0) is 17.1. The summed E-state index contributed by atoms with van der Waals surface area (Å²) in [5, 5.41) is 36.5. The molecule has 0 aliphatic rings. The van der Waals surface area contributed by atoms with Gasteiger partial charge in [-0.3, -0.25) is 0 Å². The molecular weight excluding hydrogens is 328 g/mol. The third kappa shape index (κ3) is 120. The zero-order valence-corrected chi connectivity index (χ0v) is 12.5. The Morgan fingerprint density at radius 3 is 0.571 bits per heavy atom. The van der Waals surface area contributed by atoms with Gasteiger partial charge < -0.3 is 62.5 Å². The molecule has 0 aromatic carbocycles. The van der Waals surface area contributed by atoms with Crippen molar-refractivity contribution in [3.8, 4) is 0 Å². The first-order valence-corrected chi connectivity index (χ1v) is 4.68. The second-order valence-electron chi connectivity index (χ2n) is 2.30. The van der Waals surface area contributed by atoms with Crippen LogP contribution >= 0.6 is 0 Å². The fourth-order valence-corrected chi connectivity index (χ4v) is 0. The van der Waals surface area contributed by atoms with Gasteiger partial charge in [0.15, 0.2) is 0 Å². The van der Waals surface area contributed by atoms with Crippen molar-refractivity contribution in [3.05, 3.63) is 0 Å². The molecule has 0 atom stereocenters. The van der Waals surface area contributed by atoms with Crippen LogP contribution in [0.5, 0.6) is 0 Å². The molecule has 13 heteroatoms. The summed E-state index contributed by atoms with van der Waals surface area (Å²) in [7, 11) is 0. The maximum absolute atomic E-state index is 9.13. The van der Waals surface area contributed by atoms with Gasteiger partial charge in [-0.1, -0.05) is 0 Å². The van der Waals surface area contributed by atoms with Gasteiger partial charge in [-0.25, -0.2) is 0 Å². The van der Waals surface area contributed by atoms with E-state index >= 15 is 0 Å². The number of aliphatic carboxylic acids is 4. The molecule has 0 bridgehead atoms. The van der Waals surface area contributed by atoms with E-state index < -0.39 is 23.9 Å². The van der Waals surface area contributed by atoms with Gasteiger partial charge in [0.2, 0.25) is 0 Å². The van der Waals surface area contributed by atoms with Gasteiger partial charge in [0.05, 0.1) is 23.9 Å². The third-order valence-corrected chi connectivity index (χ3v) is 0.667. The first-order chi connectivity index (χ1) is 9.08. The Morgan fingerprint density at radius 2 is 0.571 bits per heavy atom. The summed E-state index contributed by atoms with van der Waals surface area (Å²) in [4.78, 5) is 36.5. The zero-order valence-electron chi connectivity index (χ0n) is 10.9. The summed E-state index contributed by atoms with van der Waals surface area (Å²) in [5.41, 5.74) is 18.0. The summed E-state index contributed by atoms with van der Waals surface area (Å²) in [6.45, 7) is -1.56. The van der Waals surface area contributed by atoms with Crippen LogP contribution in [0.25, 0.3) is 0 Å². The molecule has 8 N–H and O–H groups in total. The molecule has 0 fully saturated rings. The van der Waals surface area contributed by atoms with Gasteiger partial charge in [0, 0.05) is 26.2 Å². The molecule has 0 saturated heterocycles. The second-order valence-corrected chi connectivity index (χ2v) is 2.30. The van der Waals surface area contributed by atoms with Crippen LogP contribution in [0.15, 0.2) is 0 Å². The summed E-state index contributed by atoms with van der Waals surface area (Å²) in [6, 6.07) is 0. The molecule has 0 unspecified atom stereocenters. The number of nitrogens with two attached hydrogens (primary N) is 4. The topological polar surface area (TPSA) is 265 Å². The van der Waals surface area contributed by atoms with Crippen molar-refractivity contribution in [2.45, 2.75) is 0 Å².